The molecule has 2 rings (SSSR count). The zero-order chi connectivity index (χ0) is 12.4. The first kappa shape index (κ1) is 12.0. The first-order valence-corrected chi connectivity index (χ1v) is 5.00. The van der Waals surface area contributed by atoms with E-state index in [0.717, 1.165) is 10.8 Å². The molecule has 17 heavy (non-hydrogen) atoms. The molecule has 0 spiro atoms. The number of aromatic nitrogens is 2. The average molecular weight is 245 g/mol. The van der Waals surface area contributed by atoms with Crippen molar-refractivity contribution in [3.05, 3.63) is 22.5 Å². The SMILES string of the molecule is Nc1nc(=O)n(C2COC(CO)OC2)cc1F. The summed E-state index contributed by atoms with van der Waals surface area (Å²) in [4.78, 5) is 14.8. The third-order valence-corrected chi connectivity index (χ3v) is 2.43. The van der Waals surface area contributed by atoms with Gasteiger partial charge in [-0.2, -0.15) is 4.98 Å². The number of aliphatic hydroxyl groups is 1. The third-order valence-electron chi connectivity index (χ3n) is 2.43. The monoisotopic (exact) mass is 245 g/mol. The molecule has 0 radical (unpaired) electrons. The zero-order valence-corrected chi connectivity index (χ0v) is 8.88. The molecule has 1 saturated heterocycles. The van der Waals surface area contributed by atoms with Crippen LogP contribution in [-0.4, -0.2) is 40.8 Å². The van der Waals surface area contributed by atoms with Gasteiger partial charge < -0.3 is 20.3 Å². The molecule has 3 N–H and O–H groups in total. The van der Waals surface area contributed by atoms with Crippen LogP contribution in [0.1, 0.15) is 6.04 Å². The van der Waals surface area contributed by atoms with Crippen molar-refractivity contribution in [2.75, 3.05) is 25.6 Å². The lowest BCUT2D eigenvalue weighted by atomic mass is 10.3. The fourth-order valence-electron chi connectivity index (χ4n) is 1.52. The number of hydrogen-bond acceptors (Lipinski definition) is 6. The largest absolute Gasteiger partial charge is 0.391 e. The van der Waals surface area contributed by atoms with Crippen LogP contribution in [0.25, 0.3) is 0 Å². The molecule has 94 valence electrons. The minimum absolute atomic E-state index is 0.135. The normalized spacial score (nSPS) is 24.8. The van der Waals surface area contributed by atoms with Crippen molar-refractivity contribution in [1.82, 2.24) is 9.55 Å². The second-order valence-corrected chi connectivity index (χ2v) is 3.60. The minimum atomic E-state index is -0.770. The van der Waals surface area contributed by atoms with Crippen molar-refractivity contribution in [2.45, 2.75) is 12.3 Å². The van der Waals surface area contributed by atoms with E-state index in [0.29, 0.717) is 0 Å². The quantitative estimate of drug-likeness (QED) is 0.684. The van der Waals surface area contributed by atoms with Crippen LogP contribution >= 0.6 is 0 Å². The van der Waals surface area contributed by atoms with Crippen LogP contribution < -0.4 is 11.4 Å². The highest BCUT2D eigenvalue weighted by atomic mass is 19.1. The minimum Gasteiger partial charge on any atom is -0.391 e. The number of aliphatic hydroxyl groups excluding tert-OH is 1. The lowest BCUT2D eigenvalue weighted by Crippen LogP contribution is -2.40. The standard InChI is InChI=1S/C9H12FN3O4/c10-6-1-13(9(15)12-8(6)11)5-3-16-7(2-14)17-4-5/h1,5,7,14H,2-4H2,(H2,11,12,15). The number of ether oxygens (including phenoxy) is 2. The molecular weight excluding hydrogens is 233 g/mol. The van der Waals surface area contributed by atoms with E-state index in [1.807, 2.05) is 0 Å². The maximum Gasteiger partial charge on any atom is 0.350 e. The fourth-order valence-corrected chi connectivity index (χ4v) is 1.52. The molecule has 1 aliphatic heterocycles. The van der Waals surface area contributed by atoms with E-state index in [2.05, 4.69) is 4.98 Å². The van der Waals surface area contributed by atoms with Crippen molar-refractivity contribution in [3.63, 3.8) is 0 Å². The molecule has 0 bridgehead atoms. The molecule has 7 nitrogen and oxygen atoms in total. The molecule has 0 aliphatic carbocycles. The van der Waals surface area contributed by atoms with Gasteiger partial charge in [0.15, 0.2) is 17.9 Å². The van der Waals surface area contributed by atoms with Gasteiger partial charge in [-0.3, -0.25) is 4.57 Å². The number of nitrogens with zero attached hydrogens (tertiary/aromatic N) is 2. The second-order valence-electron chi connectivity index (χ2n) is 3.60. The average Bonchev–Trinajstić information content (AvgIpc) is 2.34. The summed E-state index contributed by atoms with van der Waals surface area (Å²) in [5.74, 6) is -1.20. The summed E-state index contributed by atoms with van der Waals surface area (Å²) in [7, 11) is 0. The molecule has 1 aromatic heterocycles. The van der Waals surface area contributed by atoms with Gasteiger partial charge in [-0.25, -0.2) is 9.18 Å². The highest BCUT2D eigenvalue weighted by Crippen LogP contribution is 2.15. The molecular formula is C9H12FN3O4. The lowest BCUT2D eigenvalue weighted by Gasteiger charge is -2.29. The number of anilines is 1. The van der Waals surface area contributed by atoms with Crippen LogP contribution in [-0.2, 0) is 9.47 Å². The predicted octanol–water partition coefficient (Wildman–Crippen LogP) is -1.13. The number of rotatable bonds is 2. The Balaban J connectivity index is 2.19. The Hall–Kier alpha value is -1.51. The topological polar surface area (TPSA) is 99.6 Å². The Bertz CT molecular complexity index is 456. The molecule has 0 amide bonds. The van der Waals surface area contributed by atoms with E-state index < -0.39 is 29.7 Å². The van der Waals surface area contributed by atoms with Crippen LogP contribution in [0.4, 0.5) is 10.2 Å². The molecule has 0 atom stereocenters. The lowest BCUT2D eigenvalue weighted by molar-refractivity contribution is -0.211. The summed E-state index contributed by atoms with van der Waals surface area (Å²) in [5.41, 5.74) is 4.50. The van der Waals surface area contributed by atoms with Crippen molar-refractivity contribution < 1.29 is 19.0 Å². The van der Waals surface area contributed by atoms with E-state index in [1.54, 1.807) is 0 Å². The first-order chi connectivity index (χ1) is 8.11. The van der Waals surface area contributed by atoms with Gasteiger partial charge in [0, 0.05) is 6.20 Å². The van der Waals surface area contributed by atoms with Crippen LogP contribution in [0.2, 0.25) is 0 Å². The number of hydrogen-bond donors (Lipinski definition) is 2. The molecule has 0 unspecified atom stereocenters. The van der Waals surface area contributed by atoms with Gasteiger partial charge in [0.05, 0.1) is 25.9 Å². The first-order valence-electron chi connectivity index (χ1n) is 5.00. The maximum atomic E-state index is 13.2. The highest BCUT2D eigenvalue weighted by molar-refractivity contribution is 5.26. The van der Waals surface area contributed by atoms with Crippen molar-refractivity contribution in [3.8, 4) is 0 Å². The second kappa shape index (κ2) is 4.78. The van der Waals surface area contributed by atoms with E-state index in [9.17, 15) is 9.18 Å². The van der Waals surface area contributed by atoms with Gasteiger partial charge in [0.2, 0.25) is 0 Å². The molecule has 1 fully saturated rings. The Kier molecular flexibility index (Phi) is 3.36. The summed E-state index contributed by atoms with van der Waals surface area (Å²) in [6.45, 7) is 0.00229. The molecule has 1 aromatic rings. The van der Waals surface area contributed by atoms with E-state index in [4.69, 9.17) is 20.3 Å². The summed E-state index contributed by atoms with van der Waals surface area (Å²) in [6.07, 6.45) is 0.273. The van der Waals surface area contributed by atoms with E-state index >= 15 is 0 Å². The van der Waals surface area contributed by atoms with Crippen LogP contribution in [0.15, 0.2) is 11.0 Å². The van der Waals surface area contributed by atoms with Gasteiger partial charge in [-0.1, -0.05) is 0 Å². The third kappa shape index (κ3) is 2.43. The number of nitrogens with two attached hydrogens (primary N) is 1. The summed E-state index contributed by atoms with van der Waals surface area (Å²) >= 11 is 0. The Labute approximate surface area is 95.6 Å². The summed E-state index contributed by atoms with van der Waals surface area (Å²) in [5, 5.41) is 8.78. The molecule has 0 saturated carbocycles. The Morgan fingerprint density at radius 1 is 1.59 bits per heavy atom. The molecule has 2 heterocycles. The van der Waals surface area contributed by atoms with Crippen molar-refractivity contribution >= 4 is 5.82 Å². The number of nitrogen functional groups attached to an aromatic ring is 1. The predicted molar refractivity (Wildman–Crippen MR) is 54.7 cm³/mol. The Morgan fingerprint density at radius 2 is 2.24 bits per heavy atom. The van der Waals surface area contributed by atoms with Crippen molar-refractivity contribution in [1.29, 1.82) is 0 Å². The van der Waals surface area contributed by atoms with Crippen LogP contribution in [0, 0.1) is 5.82 Å². The Morgan fingerprint density at radius 3 is 2.82 bits per heavy atom. The van der Waals surface area contributed by atoms with Gasteiger partial charge in [0.25, 0.3) is 0 Å². The van der Waals surface area contributed by atoms with Crippen LogP contribution in [0.3, 0.4) is 0 Å². The van der Waals surface area contributed by atoms with E-state index in [-0.39, 0.29) is 19.8 Å². The highest BCUT2D eigenvalue weighted by Gasteiger charge is 2.24. The smallest absolute Gasteiger partial charge is 0.350 e. The summed E-state index contributed by atoms with van der Waals surface area (Å²) in [6, 6.07) is -0.479. The van der Waals surface area contributed by atoms with Gasteiger partial charge in [-0.15, -0.1) is 0 Å². The van der Waals surface area contributed by atoms with Crippen molar-refractivity contribution in [2.24, 2.45) is 0 Å². The molecule has 8 heteroatoms. The summed E-state index contributed by atoms with van der Waals surface area (Å²) < 4.78 is 24.5. The molecule has 1 aliphatic rings. The zero-order valence-electron chi connectivity index (χ0n) is 8.88. The van der Waals surface area contributed by atoms with Gasteiger partial charge in [0.1, 0.15) is 0 Å². The number of halogens is 1. The van der Waals surface area contributed by atoms with Gasteiger partial charge in [-0.05, 0) is 0 Å². The molecule has 0 aromatic carbocycles. The van der Waals surface area contributed by atoms with Crippen LogP contribution in [0.5, 0.6) is 0 Å². The maximum absolute atomic E-state index is 13.2. The fraction of sp³-hybridized carbons (Fsp3) is 0.556. The van der Waals surface area contributed by atoms with E-state index in [1.165, 1.54) is 0 Å². The van der Waals surface area contributed by atoms with Gasteiger partial charge >= 0.3 is 5.69 Å².